The van der Waals surface area contributed by atoms with E-state index in [1.165, 1.54) is 13.2 Å². The summed E-state index contributed by atoms with van der Waals surface area (Å²) in [5.74, 6) is -1.81. The van der Waals surface area contributed by atoms with Gasteiger partial charge < -0.3 is 41.4 Å². The molecule has 2 aromatic carbocycles. The topological polar surface area (TPSA) is 211 Å². The second-order valence-corrected chi connectivity index (χ2v) is 7.20. The zero-order valence-electron chi connectivity index (χ0n) is 19.7. The van der Waals surface area contributed by atoms with Gasteiger partial charge in [-0.3, -0.25) is 14.4 Å². The fraction of sp³-hybridized carbons (Fsp3) is 0.333. The summed E-state index contributed by atoms with van der Waals surface area (Å²) < 4.78 is 5.22. The Kier molecular flexibility index (Phi) is 11.0. The number of aliphatic hydroxyl groups excluding tert-OH is 3. The van der Waals surface area contributed by atoms with Crippen LogP contribution in [0.1, 0.15) is 49.4 Å². The molecule has 0 fully saturated rings. The number of phenols is 2. The van der Waals surface area contributed by atoms with Gasteiger partial charge in [0.1, 0.15) is 17.2 Å². The van der Waals surface area contributed by atoms with E-state index in [0.29, 0.717) is 24.0 Å². The van der Waals surface area contributed by atoms with E-state index >= 15 is 0 Å². The Hall–Kier alpha value is -3.80. The predicted molar refractivity (Wildman–Crippen MR) is 126 cm³/mol. The maximum atomic E-state index is 13.1. The molecule has 2 aliphatic carbocycles. The van der Waals surface area contributed by atoms with Gasteiger partial charge in [0.2, 0.25) is 12.2 Å². The van der Waals surface area contributed by atoms with Gasteiger partial charge >= 0.3 is 0 Å². The van der Waals surface area contributed by atoms with Crippen molar-refractivity contribution in [1.29, 1.82) is 5.41 Å². The summed E-state index contributed by atoms with van der Waals surface area (Å²) in [6.07, 6.45) is 1.30. The number of primary amides is 1. The van der Waals surface area contributed by atoms with Crippen LogP contribution in [0.15, 0.2) is 18.2 Å². The molecule has 0 radical (unpaired) electrons. The summed E-state index contributed by atoms with van der Waals surface area (Å²) in [5, 5.41) is 52.8. The maximum absolute atomic E-state index is 13.1. The van der Waals surface area contributed by atoms with Gasteiger partial charge in [-0.1, -0.05) is 12.1 Å². The highest BCUT2D eigenvalue weighted by molar-refractivity contribution is 6.31. The SMILES string of the molecule is CO.CO.COc1cccc2c1C(=O)c1c(O)c3c(c(O)c1C2=O)CC(C(=N)CO)CC3.NC=O. The minimum absolute atomic E-state index is 0.0768. The van der Waals surface area contributed by atoms with Crippen LogP contribution in [0.25, 0.3) is 0 Å². The summed E-state index contributed by atoms with van der Waals surface area (Å²) in [7, 11) is 3.39. The van der Waals surface area contributed by atoms with Crippen molar-refractivity contribution in [2.45, 2.75) is 19.3 Å². The molecule has 0 heterocycles. The molecule has 0 saturated heterocycles. The number of ether oxygens (including phenoxy) is 1. The molecule has 0 aromatic heterocycles. The first-order valence-electron chi connectivity index (χ1n) is 10.4. The van der Waals surface area contributed by atoms with Gasteiger partial charge in [0.25, 0.3) is 0 Å². The molecule has 11 heteroatoms. The fourth-order valence-corrected chi connectivity index (χ4v) is 4.23. The van der Waals surface area contributed by atoms with Gasteiger partial charge in [-0.2, -0.15) is 0 Å². The second-order valence-electron chi connectivity index (χ2n) is 7.20. The molecule has 2 aliphatic rings. The number of phenolic OH excluding ortho intramolecular Hbond substituents is 2. The van der Waals surface area contributed by atoms with Gasteiger partial charge in [-0.15, -0.1) is 0 Å². The number of ketones is 2. The summed E-state index contributed by atoms with van der Waals surface area (Å²) in [4.78, 5) is 34.8. The van der Waals surface area contributed by atoms with Crippen LogP contribution < -0.4 is 10.5 Å². The molecule has 1 atom stereocenters. The van der Waals surface area contributed by atoms with E-state index in [-0.39, 0.29) is 70.6 Å². The van der Waals surface area contributed by atoms with Gasteiger partial charge in [-0.25, -0.2) is 0 Å². The van der Waals surface area contributed by atoms with E-state index in [4.69, 9.17) is 25.2 Å². The van der Waals surface area contributed by atoms with Crippen LogP contribution in [0.4, 0.5) is 0 Å². The van der Waals surface area contributed by atoms with E-state index < -0.39 is 11.6 Å². The molecule has 35 heavy (non-hydrogen) atoms. The summed E-state index contributed by atoms with van der Waals surface area (Å²) >= 11 is 0. The number of rotatable bonds is 3. The number of aliphatic hydroxyl groups is 3. The standard InChI is InChI=1S/C21H19NO6.CH3NO.2CH4O/c1-28-14-4-2-3-11-15(14)21(27)17-16(19(11)25)20(26)12-7-9(13(22)8-23)5-6-10(12)18(17)24;2-1-3;2*1-2/h2-4,9,22-24,26H,5-8H2,1H3;1H,(H2,2,3);2*2H,1H3. The number of nitrogens with one attached hydrogen (secondary N) is 1. The number of hydrogen-bond donors (Lipinski definition) is 7. The lowest BCUT2D eigenvalue weighted by molar-refractivity contribution is -0.106. The van der Waals surface area contributed by atoms with Gasteiger partial charge in [0.15, 0.2) is 5.78 Å². The van der Waals surface area contributed by atoms with E-state index in [2.05, 4.69) is 5.73 Å². The number of nitrogens with two attached hydrogens (primary N) is 1. The van der Waals surface area contributed by atoms with Crippen molar-refractivity contribution < 1.29 is 44.7 Å². The first-order valence-corrected chi connectivity index (χ1v) is 10.4. The molecule has 2 aromatic rings. The molecular weight excluding hydrogens is 460 g/mol. The van der Waals surface area contributed by atoms with Crippen molar-refractivity contribution in [2.24, 2.45) is 11.7 Å². The van der Waals surface area contributed by atoms with Crippen LogP contribution in [-0.4, -0.2) is 77.2 Å². The van der Waals surface area contributed by atoms with Crippen molar-refractivity contribution >= 4 is 23.7 Å². The zero-order chi connectivity index (χ0) is 26.9. The molecule has 190 valence electrons. The normalized spacial score (nSPS) is 14.7. The van der Waals surface area contributed by atoms with Crippen molar-refractivity contribution in [3.05, 3.63) is 51.6 Å². The Morgan fingerprint density at radius 3 is 2.14 bits per heavy atom. The van der Waals surface area contributed by atoms with Crippen LogP contribution in [0.3, 0.4) is 0 Å². The number of carbonyl (C=O) groups is 3. The number of carbonyl (C=O) groups excluding carboxylic acids is 3. The van der Waals surface area contributed by atoms with Gasteiger partial charge in [0.05, 0.1) is 30.4 Å². The lowest BCUT2D eigenvalue weighted by Gasteiger charge is -2.30. The highest BCUT2D eigenvalue weighted by Gasteiger charge is 2.40. The van der Waals surface area contributed by atoms with E-state index in [9.17, 15) is 24.9 Å². The highest BCUT2D eigenvalue weighted by atomic mass is 16.5. The molecule has 11 nitrogen and oxygen atoms in total. The number of aromatic hydroxyl groups is 2. The van der Waals surface area contributed by atoms with Crippen molar-refractivity contribution in [2.75, 3.05) is 27.9 Å². The summed E-state index contributed by atoms with van der Waals surface area (Å²) in [6, 6.07) is 4.64. The Morgan fingerprint density at radius 2 is 1.60 bits per heavy atom. The van der Waals surface area contributed by atoms with Crippen LogP contribution in [0.2, 0.25) is 0 Å². The highest BCUT2D eigenvalue weighted by Crippen LogP contribution is 2.47. The Morgan fingerprint density at radius 1 is 1.06 bits per heavy atom. The molecule has 0 saturated carbocycles. The molecule has 1 amide bonds. The van der Waals surface area contributed by atoms with Crippen LogP contribution >= 0.6 is 0 Å². The molecule has 1 unspecified atom stereocenters. The minimum Gasteiger partial charge on any atom is -0.507 e. The van der Waals surface area contributed by atoms with Crippen LogP contribution in [0, 0.1) is 11.3 Å². The van der Waals surface area contributed by atoms with Crippen LogP contribution in [0.5, 0.6) is 17.2 Å². The maximum Gasteiger partial charge on any atom is 0.204 e. The molecule has 0 spiro atoms. The molecular formula is C24H30N2O9. The zero-order valence-corrected chi connectivity index (χ0v) is 19.7. The second kappa shape index (κ2) is 13.2. The number of amides is 1. The average molecular weight is 491 g/mol. The molecule has 8 N–H and O–H groups in total. The van der Waals surface area contributed by atoms with Crippen molar-refractivity contribution in [3.8, 4) is 17.2 Å². The Labute approximate surface area is 201 Å². The quantitative estimate of drug-likeness (QED) is 0.153. The monoisotopic (exact) mass is 490 g/mol. The number of methoxy groups -OCH3 is 1. The lowest BCUT2D eigenvalue weighted by atomic mass is 9.74. The summed E-state index contributed by atoms with van der Waals surface area (Å²) in [6.45, 7) is -0.387. The first kappa shape index (κ1) is 29.2. The summed E-state index contributed by atoms with van der Waals surface area (Å²) in [5.41, 5.74) is 4.86. The largest absolute Gasteiger partial charge is 0.507 e. The third-order valence-corrected chi connectivity index (χ3v) is 5.69. The van der Waals surface area contributed by atoms with Crippen molar-refractivity contribution in [3.63, 3.8) is 0 Å². The average Bonchev–Trinajstić information content (AvgIpc) is 2.90. The fourth-order valence-electron chi connectivity index (χ4n) is 4.23. The Balaban J connectivity index is 0.000000797. The first-order chi connectivity index (χ1) is 16.8. The van der Waals surface area contributed by atoms with Gasteiger partial charge in [-0.05, 0) is 25.3 Å². The van der Waals surface area contributed by atoms with Gasteiger partial charge in [0, 0.05) is 42.5 Å². The Bertz CT molecular complexity index is 1110. The third kappa shape index (κ3) is 5.32. The lowest BCUT2D eigenvalue weighted by Crippen LogP contribution is -2.27. The molecule has 0 aliphatic heterocycles. The van der Waals surface area contributed by atoms with E-state index in [1.807, 2.05) is 0 Å². The van der Waals surface area contributed by atoms with E-state index in [0.717, 1.165) is 14.2 Å². The number of fused-ring (bicyclic) bond motifs is 3. The number of hydrogen-bond acceptors (Lipinski definition) is 10. The third-order valence-electron chi connectivity index (χ3n) is 5.69. The molecule has 0 bridgehead atoms. The van der Waals surface area contributed by atoms with E-state index in [1.54, 1.807) is 12.1 Å². The number of benzene rings is 2. The smallest absolute Gasteiger partial charge is 0.204 e. The van der Waals surface area contributed by atoms with Crippen LogP contribution in [-0.2, 0) is 17.6 Å². The minimum atomic E-state index is -0.567. The molecule has 4 rings (SSSR count). The van der Waals surface area contributed by atoms with Crippen molar-refractivity contribution in [1.82, 2.24) is 0 Å². The predicted octanol–water partition coefficient (Wildman–Crippen LogP) is 0.317.